The van der Waals surface area contributed by atoms with Crippen molar-refractivity contribution in [1.29, 1.82) is 0 Å². The van der Waals surface area contributed by atoms with Gasteiger partial charge in [-0.3, -0.25) is 0 Å². The van der Waals surface area contributed by atoms with E-state index in [1.807, 2.05) is 24.7 Å². The summed E-state index contributed by atoms with van der Waals surface area (Å²) in [6, 6.07) is -0.202. The summed E-state index contributed by atoms with van der Waals surface area (Å²) in [5.41, 5.74) is 5.78. The first-order valence-corrected chi connectivity index (χ1v) is 4.79. The Morgan fingerprint density at radius 1 is 1.60 bits per heavy atom. The maximum atomic E-state index is 5.78. The topological polar surface area (TPSA) is 82.8 Å². The molecule has 2 aromatic rings. The third kappa shape index (κ3) is 1.75. The van der Waals surface area contributed by atoms with Gasteiger partial charge in [-0.1, -0.05) is 12.1 Å². The van der Waals surface area contributed by atoms with Crippen LogP contribution in [0.25, 0.3) is 11.6 Å². The molecule has 6 heteroatoms. The molecule has 0 fully saturated rings. The summed E-state index contributed by atoms with van der Waals surface area (Å²) >= 11 is 0. The molecule has 1 unspecified atom stereocenters. The molecule has 0 spiro atoms. The molecular formula is C9H13N5O. The van der Waals surface area contributed by atoms with Crippen LogP contribution in [-0.2, 0) is 7.05 Å². The smallest absolute Gasteiger partial charge is 0.243 e. The molecule has 0 saturated heterocycles. The summed E-state index contributed by atoms with van der Waals surface area (Å²) in [4.78, 5) is 8.32. The van der Waals surface area contributed by atoms with Gasteiger partial charge in [0.25, 0.3) is 0 Å². The van der Waals surface area contributed by atoms with Crippen molar-refractivity contribution in [2.75, 3.05) is 0 Å². The second kappa shape index (κ2) is 3.82. The molecule has 2 heterocycles. The Morgan fingerprint density at radius 2 is 2.40 bits per heavy atom. The molecule has 0 aliphatic heterocycles. The molecule has 0 aliphatic rings. The first kappa shape index (κ1) is 9.85. The molecule has 0 bridgehead atoms. The van der Waals surface area contributed by atoms with Gasteiger partial charge in [0.2, 0.25) is 11.7 Å². The molecule has 0 amide bonds. The maximum absolute atomic E-state index is 5.78. The summed E-state index contributed by atoms with van der Waals surface area (Å²) in [5.74, 6) is 1.60. The van der Waals surface area contributed by atoms with Crippen LogP contribution < -0.4 is 5.73 Å². The van der Waals surface area contributed by atoms with Gasteiger partial charge in [0.1, 0.15) is 0 Å². The highest BCUT2D eigenvalue weighted by Crippen LogP contribution is 2.16. The normalized spacial score (nSPS) is 13.0. The van der Waals surface area contributed by atoms with Crippen LogP contribution in [0.3, 0.4) is 0 Å². The fraction of sp³-hybridized carbons (Fsp3) is 0.444. The lowest BCUT2D eigenvalue weighted by molar-refractivity contribution is 0.352. The lowest BCUT2D eigenvalue weighted by atomic mass is 10.2. The summed E-state index contributed by atoms with van der Waals surface area (Å²) < 4.78 is 6.88. The molecular weight excluding hydrogens is 194 g/mol. The Kier molecular flexibility index (Phi) is 2.51. The molecule has 2 rings (SSSR count). The fourth-order valence-corrected chi connectivity index (χ4v) is 1.23. The van der Waals surface area contributed by atoms with E-state index >= 15 is 0 Å². The van der Waals surface area contributed by atoms with Gasteiger partial charge < -0.3 is 14.8 Å². The van der Waals surface area contributed by atoms with Crippen LogP contribution in [0.2, 0.25) is 0 Å². The Balaban J connectivity index is 2.32. The van der Waals surface area contributed by atoms with Crippen molar-refractivity contribution in [2.45, 2.75) is 19.4 Å². The Labute approximate surface area is 87.1 Å². The minimum Gasteiger partial charge on any atom is -0.337 e. The lowest BCUT2D eigenvalue weighted by Crippen LogP contribution is -2.08. The quantitative estimate of drug-likeness (QED) is 0.807. The van der Waals surface area contributed by atoms with Crippen LogP contribution >= 0.6 is 0 Å². The predicted molar refractivity (Wildman–Crippen MR) is 53.7 cm³/mol. The molecule has 6 nitrogen and oxygen atoms in total. The van der Waals surface area contributed by atoms with Crippen molar-refractivity contribution < 1.29 is 4.52 Å². The van der Waals surface area contributed by atoms with Crippen LogP contribution in [0.4, 0.5) is 0 Å². The lowest BCUT2D eigenvalue weighted by Gasteiger charge is -1.99. The number of imidazole rings is 1. The fourth-order valence-electron chi connectivity index (χ4n) is 1.23. The van der Waals surface area contributed by atoms with Gasteiger partial charge in [0, 0.05) is 19.4 Å². The van der Waals surface area contributed by atoms with Crippen molar-refractivity contribution in [3.63, 3.8) is 0 Å². The van der Waals surface area contributed by atoms with E-state index in [1.54, 1.807) is 6.20 Å². The summed E-state index contributed by atoms with van der Waals surface area (Å²) in [6.07, 6.45) is 4.28. The average molecular weight is 207 g/mol. The first-order chi connectivity index (χ1) is 7.22. The molecule has 0 saturated carbocycles. The van der Waals surface area contributed by atoms with Crippen molar-refractivity contribution in [3.05, 3.63) is 18.3 Å². The molecule has 1 atom stereocenters. The van der Waals surface area contributed by atoms with E-state index in [9.17, 15) is 0 Å². The number of nitrogens with two attached hydrogens (primary N) is 1. The molecule has 80 valence electrons. The van der Waals surface area contributed by atoms with Crippen molar-refractivity contribution in [1.82, 2.24) is 19.7 Å². The van der Waals surface area contributed by atoms with E-state index in [0.29, 0.717) is 17.5 Å². The number of aromatic nitrogens is 4. The number of hydrogen-bond acceptors (Lipinski definition) is 5. The van der Waals surface area contributed by atoms with Gasteiger partial charge in [-0.15, -0.1) is 0 Å². The minimum absolute atomic E-state index is 0.202. The molecule has 2 N–H and O–H groups in total. The van der Waals surface area contributed by atoms with E-state index in [1.165, 1.54) is 0 Å². The second-order valence-corrected chi connectivity index (χ2v) is 3.33. The summed E-state index contributed by atoms with van der Waals surface area (Å²) in [5, 5.41) is 3.84. The minimum atomic E-state index is -0.202. The number of aryl methyl sites for hydroxylation is 1. The highest BCUT2D eigenvalue weighted by atomic mass is 16.5. The zero-order valence-corrected chi connectivity index (χ0v) is 8.71. The van der Waals surface area contributed by atoms with Crippen LogP contribution in [0.5, 0.6) is 0 Å². The Hall–Kier alpha value is -1.69. The summed E-state index contributed by atoms with van der Waals surface area (Å²) in [6.45, 7) is 1.97. The zero-order valence-electron chi connectivity index (χ0n) is 8.71. The molecule has 0 aromatic carbocycles. The molecule has 0 aliphatic carbocycles. The SMILES string of the molecule is CCC(N)c1nc(-c2nccn2C)no1. The second-order valence-electron chi connectivity index (χ2n) is 3.33. The largest absolute Gasteiger partial charge is 0.337 e. The van der Waals surface area contributed by atoms with E-state index in [4.69, 9.17) is 10.3 Å². The standard InChI is InChI=1S/C9H13N5O/c1-3-6(10)9-12-7(13-15-9)8-11-4-5-14(8)2/h4-6H,3,10H2,1-2H3. The Morgan fingerprint density at radius 3 is 3.00 bits per heavy atom. The van der Waals surface area contributed by atoms with E-state index in [0.717, 1.165) is 6.42 Å². The van der Waals surface area contributed by atoms with Gasteiger partial charge >= 0.3 is 0 Å². The monoisotopic (exact) mass is 207 g/mol. The molecule has 0 radical (unpaired) electrons. The molecule has 2 aromatic heterocycles. The van der Waals surface area contributed by atoms with Gasteiger partial charge in [-0.25, -0.2) is 4.98 Å². The van der Waals surface area contributed by atoms with Gasteiger partial charge in [-0.05, 0) is 6.42 Å². The van der Waals surface area contributed by atoms with Gasteiger partial charge in [-0.2, -0.15) is 4.98 Å². The van der Waals surface area contributed by atoms with E-state index in [-0.39, 0.29) is 6.04 Å². The summed E-state index contributed by atoms with van der Waals surface area (Å²) in [7, 11) is 1.87. The average Bonchev–Trinajstić information content (AvgIpc) is 2.84. The van der Waals surface area contributed by atoms with E-state index < -0.39 is 0 Å². The van der Waals surface area contributed by atoms with E-state index in [2.05, 4.69) is 15.1 Å². The van der Waals surface area contributed by atoms with Crippen LogP contribution in [-0.4, -0.2) is 19.7 Å². The third-order valence-electron chi connectivity index (χ3n) is 2.22. The number of rotatable bonds is 3. The predicted octanol–water partition coefficient (Wildman–Crippen LogP) is 0.880. The number of nitrogens with zero attached hydrogens (tertiary/aromatic N) is 4. The van der Waals surface area contributed by atoms with Crippen LogP contribution in [0, 0.1) is 0 Å². The van der Waals surface area contributed by atoms with Crippen molar-refractivity contribution >= 4 is 0 Å². The zero-order chi connectivity index (χ0) is 10.8. The number of hydrogen-bond donors (Lipinski definition) is 1. The highest BCUT2D eigenvalue weighted by Gasteiger charge is 2.15. The maximum Gasteiger partial charge on any atom is 0.243 e. The third-order valence-corrected chi connectivity index (χ3v) is 2.22. The van der Waals surface area contributed by atoms with Crippen LogP contribution in [0.1, 0.15) is 25.3 Å². The van der Waals surface area contributed by atoms with Gasteiger partial charge in [0.15, 0.2) is 5.82 Å². The van der Waals surface area contributed by atoms with Crippen molar-refractivity contribution in [2.24, 2.45) is 12.8 Å². The Bertz CT molecular complexity index is 447. The van der Waals surface area contributed by atoms with Crippen molar-refractivity contribution in [3.8, 4) is 11.6 Å². The highest BCUT2D eigenvalue weighted by molar-refractivity contribution is 5.42. The molecule has 15 heavy (non-hydrogen) atoms. The van der Waals surface area contributed by atoms with Crippen LogP contribution in [0.15, 0.2) is 16.9 Å². The van der Waals surface area contributed by atoms with Gasteiger partial charge in [0.05, 0.1) is 6.04 Å². The first-order valence-electron chi connectivity index (χ1n) is 4.79.